The van der Waals surface area contributed by atoms with Crippen LogP contribution in [0.1, 0.15) is 37.8 Å². The second-order valence-corrected chi connectivity index (χ2v) is 8.21. The first-order valence-electron chi connectivity index (χ1n) is 9.68. The van der Waals surface area contributed by atoms with E-state index in [4.69, 9.17) is 34.8 Å². The molecule has 162 valence electrons. The topological polar surface area (TPSA) is 49.4 Å². The van der Waals surface area contributed by atoms with Crippen molar-refractivity contribution in [3.63, 3.8) is 0 Å². The van der Waals surface area contributed by atoms with Crippen molar-refractivity contribution in [1.29, 1.82) is 0 Å². The van der Waals surface area contributed by atoms with E-state index in [9.17, 15) is 14.0 Å². The van der Waals surface area contributed by atoms with E-state index in [-0.39, 0.29) is 29.5 Å². The van der Waals surface area contributed by atoms with Gasteiger partial charge in [0.2, 0.25) is 11.8 Å². The second-order valence-electron chi connectivity index (χ2n) is 6.95. The quantitative estimate of drug-likeness (QED) is 0.478. The summed E-state index contributed by atoms with van der Waals surface area (Å²) in [6.07, 6.45) is 1.49. The zero-order valence-corrected chi connectivity index (χ0v) is 19.1. The van der Waals surface area contributed by atoms with E-state index < -0.39 is 17.8 Å². The molecule has 2 amide bonds. The third-order valence-electron chi connectivity index (χ3n) is 4.74. The number of benzene rings is 2. The molecule has 1 unspecified atom stereocenters. The lowest BCUT2D eigenvalue weighted by Gasteiger charge is -2.29. The number of nitrogens with zero attached hydrogens (tertiary/aromatic N) is 1. The molecule has 0 radical (unpaired) electrons. The highest BCUT2D eigenvalue weighted by molar-refractivity contribution is 6.35. The Morgan fingerprint density at radius 2 is 1.87 bits per heavy atom. The van der Waals surface area contributed by atoms with Gasteiger partial charge in [0.15, 0.2) is 0 Å². The maximum absolute atomic E-state index is 14.2. The predicted molar refractivity (Wildman–Crippen MR) is 120 cm³/mol. The average Bonchev–Trinajstić information content (AvgIpc) is 2.69. The minimum Gasteiger partial charge on any atom is -0.354 e. The SMILES string of the molecule is CCCCNC(=O)C(C)N(Cc1ccc(Cl)cc1Cl)C(=O)Cc1c(F)cccc1Cl. The molecule has 8 heteroatoms. The van der Waals surface area contributed by atoms with Gasteiger partial charge in [-0.3, -0.25) is 9.59 Å². The van der Waals surface area contributed by atoms with Crippen LogP contribution in [0.4, 0.5) is 4.39 Å². The van der Waals surface area contributed by atoms with E-state index in [0.717, 1.165) is 12.8 Å². The van der Waals surface area contributed by atoms with Crippen LogP contribution in [-0.4, -0.2) is 29.3 Å². The van der Waals surface area contributed by atoms with Gasteiger partial charge >= 0.3 is 0 Å². The van der Waals surface area contributed by atoms with Crippen LogP contribution in [0, 0.1) is 5.82 Å². The van der Waals surface area contributed by atoms with Gasteiger partial charge in [0.1, 0.15) is 11.9 Å². The lowest BCUT2D eigenvalue weighted by Crippen LogP contribution is -2.48. The molecule has 0 spiro atoms. The van der Waals surface area contributed by atoms with Gasteiger partial charge in [0.05, 0.1) is 6.42 Å². The van der Waals surface area contributed by atoms with Gasteiger partial charge in [-0.1, -0.05) is 60.3 Å². The van der Waals surface area contributed by atoms with Crippen molar-refractivity contribution in [3.8, 4) is 0 Å². The van der Waals surface area contributed by atoms with Crippen molar-refractivity contribution < 1.29 is 14.0 Å². The Morgan fingerprint density at radius 3 is 2.50 bits per heavy atom. The zero-order chi connectivity index (χ0) is 22.3. The molecule has 0 aliphatic carbocycles. The number of carbonyl (C=O) groups is 2. The number of nitrogens with one attached hydrogen (secondary N) is 1. The molecule has 0 aliphatic rings. The molecule has 30 heavy (non-hydrogen) atoms. The summed E-state index contributed by atoms with van der Waals surface area (Å²) in [7, 11) is 0. The zero-order valence-electron chi connectivity index (χ0n) is 16.9. The molecule has 0 heterocycles. The Labute approximate surface area is 191 Å². The molecule has 0 aliphatic heterocycles. The van der Waals surface area contributed by atoms with Crippen LogP contribution in [-0.2, 0) is 22.6 Å². The van der Waals surface area contributed by atoms with Gasteiger partial charge in [-0.25, -0.2) is 4.39 Å². The smallest absolute Gasteiger partial charge is 0.242 e. The van der Waals surface area contributed by atoms with Crippen molar-refractivity contribution in [2.45, 2.75) is 45.7 Å². The monoisotopic (exact) mass is 472 g/mol. The van der Waals surface area contributed by atoms with Gasteiger partial charge in [0, 0.05) is 33.7 Å². The molecule has 0 bridgehead atoms. The van der Waals surface area contributed by atoms with Crippen molar-refractivity contribution >= 4 is 46.6 Å². The summed E-state index contributed by atoms with van der Waals surface area (Å²) in [6.45, 7) is 4.24. The Balaban J connectivity index is 2.29. The molecule has 1 atom stereocenters. The van der Waals surface area contributed by atoms with Gasteiger partial charge < -0.3 is 10.2 Å². The molecule has 0 saturated carbocycles. The van der Waals surface area contributed by atoms with E-state index in [2.05, 4.69) is 5.32 Å². The van der Waals surface area contributed by atoms with Crippen LogP contribution in [0.25, 0.3) is 0 Å². The lowest BCUT2D eigenvalue weighted by atomic mass is 10.1. The summed E-state index contributed by atoms with van der Waals surface area (Å²) in [5.41, 5.74) is 0.720. The lowest BCUT2D eigenvalue weighted by molar-refractivity contribution is -0.140. The van der Waals surface area contributed by atoms with Crippen LogP contribution in [0.3, 0.4) is 0 Å². The molecule has 2 aromatic rings. The molecule has 2 rings (SSSR count). The highest BCUT2D eigenvalue weighted by atomic mass is 35.5. The molecular weight excluding hydrogens is 450 g/mol. The van der Waals surface area contributed by atoms with Crippen molar-refractivity contribution in [2.24, 2.45) is 0 Å². The maximum Gasteiger partial charge on any atom is 0.242 e. The second kappa shape index (κ2) is 11.5. The van der Waals surface area contributed by atoms with Crippen LogP contribution in [0.5, 0.6) is 0 Å². The van der Waals surface area contributed by atoms with E-state index >= 15 is 0 Å². The fraction of sp³-hybridized carbons (Fsp3) is 0.364. The highest BCUT2D eigenvalue weighted by Crippen LogP contribution is 2.25. The van der Waals surface area contributed by atoms with Crippen molar-refractivity contribution in [1.82, 2.24) is 10.2 Å². The average molecular weight is 474 g/mol. The number of amides is 2. The van der Waals surface area contributed by atoms with E-state index in [0.29, 0.717) is 22.2 Å². The Bertz CT molecular complexity index is 888. The van der Waals surface area contributed by atoms with Crippen molar-refractivity contribution in [3.05, 3.63) is 68.4 Å². The molecular formula is C22H24Cl3FN2O2. The molecule has 0 fully saturated rings. The summed E-state index contributed by atoms with van der Waals surface area (Å²) < 4.78 is 14.2. The van der Waals surface area contributed by atoms with Gasteiger partial charge in [-0.15, -0.1) is 0 Å². The fourth-order valence-corrected chi connectivity index (χ4v) is 3.60. The number of hydrogen-bond acceptors (Lipinski definition) is 2. The third kappa shape index (κ3) is 6.59. The van der Waals surface area contributed by atoms with Gasteiger partial charge in [0.25, 0.3) is 0 Å². The summed E-state index contributed by atoms with van der Waals surface area (Å²) in [5.74, 6) is -1.30. The Kier molecular flexibility index (Phi) is 9.40. The molecule has 0 saturated heterocycles. The van der Waals surface area contributed by atoms with Gasteiger partial charge in [-0.2, -0.15) is 0 Å². The number of carbonyl (C=O) groups excluding carboxylic acids is 2. The summed E-state index contributed by atoms with van der Waals surface area (Å²) in [6, 6.07) is 8.38. The molecule has 1 N–H and O–H groups in total. The first kappa shape index (κ1) is 24.4. The van der Waals surface area contributed by atoms with Crippen molar-refractivity contribution in [2.75, 3.05) is 6.54 Å². The normalized spacial score (nSPS) is 11.8. The number of unbranched alkanes of at least 4 members (excludes halogenated alkanes) is 1. The minimum absolute atomic E-state index is 0.0727. The van der Waals surface area contributed by atoms with E-state index in [1.54, 1.807) is 25.1 Å². The summed E-state index contributed by atoms with van der Waals surface area (Å²) in [4.78, 5) is 27.1. The number of rotatable bonds is 9. The van der Waals surface area contributed by atoms with Crippen LogP contribution in [0.15, 0.2) is 36.4 Å². The standard InChI is InChI=1S/C22H24Cl3FN2O2/c1-3-4-10-27-22(30)14(2)28(13-15-8-9-16(23)11-19(15)25)21(29)12-17-18(24)6-5-7-20(17)26/h5-9,11,14H,3-4,10,12-13H2,1-2H3,(H,27,30). The Morgan fingerprint density at radius 1 is 1.13 bits per heavy atom. The third-order valence-corrected chi connectivity index (χ3v) is 5.68. The fourth-order valence-electron chi connectivity index (χ4n) is 2.91. The van der Waals surface area contributed by atoms with E-state index in [1.165, 1.54) is 23.1 Å². The van der Waals surface area contributed by atoms with Crippen LogP contribution < -0.4 is 5.32 Å². The van der Waals surface area contributed by atoms with E-state index in [1.807, 2.05) is 6.92 Å². The Hall–Kier alpha value is -1.82. The minimum atomic E-state index is -0.786. The first-order valence-corrected chi connectivity index (χ1v) is 10.8. The molecule has 2 aromatic carbocycles. The summed E-state index contributed by atoms with van der Waals surface area (Å²) >= 11 is 18.3. The number of halogens is 4. The number of hydrogen-bond donors (Lipinski definition) is 1. The molecule has 0 aromatic heterocycles. The maximum atomic E-state index is 14.2. The van der Waals surface area contributed by atoms with Gasteiger partial charge in [-0.05, 0) is 43.2 Å². The van der Waals surface area contributed by atoms with Crippen LogP contribution in [0.2, 0.25) is 15.1 Å². The predicted octanol–water partition coefficient (Wildman–Crippen LogP) is 5.66. The first-order chi connectivity index (χ1) is 14.2. The largest absolute Gasteiger partial charge is 0.354 e. The molecule has 4 nitrogen and oxygen atoms in total. The van der Waals surface area contributed by atoms with Crippen LogP contribution >= 0.6 is 34.8 Å². The highest BCUT2D eigenvalue weighted by Gasteiger charge is 2.27. The summed E-state index contributed by atoms with van der Waals surface area (Å²) in [5, 5.41) is 3.83.